The summed E-state index contributed by atoms with van der Waals surface area (Å²) in [5, 5.41) is 0. The third kappa shape index (κ3) is 1.98. The molecule has 0 fully saturated rings. The van der Waals surface area contributed by atoms with Crippen LogP contribution in [-0.2, 0) is 5.41 Å². The lowest BCUT2D eigenvalue weighted by Gasteiger charge is -2.25. The van der Waals surface area contributed by atoms with Gasteiger partial charge in [-0.2, -0.15) is 0 Å². The molecule has 0 N–H and O–H groups in total. The van der Waals surface area contributed by atoms with Crippen molar-refractivity contribution in [1.29, 1.82) is 0 Å². The molecule has 0 aliphatic carbocycles. The number of ether oxygens (including phenoxy) is 1. The van der Waals surface area contributed by atoms with Crippen LogP contribution in [0.15, 0.2) is 36.4 Å². The fraction of sp³-hybridized carbons (Fsp3) is 0.385. The minimum Gasteiger partial charge on any atom is -0.497 e. The molecule has 0 radical (unpaired) electrons. The third-order valence-electron chi connectivity index (χ3n) is 2.88. The van der Waals surface area contributed by atoms with E-state index in [-0.39, 0.29) is 5.41 Å². The summed E-state index contributed by atoms with van der Waals surface area (Å²) in [5.41, 5.74) is 2.47. The van der Waals surface area contributed by atoms with Crippen LogP contribution in [-0.4, -0.2) is 7.11 Å². The average Bonchev–Trinajstić information content (AvgIpc) is 2.17. The molecule has 1 heteroatoms. The molecule has 0 bridgehead atoms. The van der Waals surface area contributed by atoms with Crippen LogP contribution in [0.2, 0.25) is 0 Å². The van der Waals surface area contributed by atoms with Gasteiger partial charge in [-0.1, -0.05) is 38.1 Å². The van der Waals surface area contributed by atoms with E-state index < -0.39 is 0 Å². The quantitative estimate of drug-likeness (QED) is 0.662. The summed E-state index contributed by atoms with van der Waals surface area (Å²) in [7, 11) is 1.68. The lowest BCUT2D eigenvalue weighted by molar-refractivity contribution is 0.414. The van der Waals surface area contributed by atoms with Gasteiger partial charge in [-0.15, -0.1) is 0 Å². The van der Waals surface area contributed by atoms with Crippen LogP contribution in [0.5, 0.6) is 5.75 Å². The second kappa shape index (κ2) is 3.87. The standard InChI is InChI=1S/C13H18O/c1-10(2)13(3,4)11-6-8-12(14-5)9-7-11/h6-9H,1H2,2-5H3. The maximum Gasteiger partial charge on any atom is 0.118 e. The van der Waals surface area contributed by atoms with E-state index >= 15 is 0 Å². The van der Waals surface area contributed by atoms with Crippen LogP contribution in [0.3, 0.4) is 0 Å². The topological polar surface area (TPSA) is 9.23 Å². The number of allylic oxidation sites excluding steroid dienone is 1. The van der Waals surface area contributed by atoms with E-state index in [4.69, 9.17) is 4.74 Å². The zero-order chi connectivity index (χ0) is 10.8. The zero-order valence-corrected chi connectivity index (χ0v) is 9.42. The molecule has 76 valence electrons. The van der Waals surface area contributed by atoms with Gasteiger partial charge in [0.2, 0.25) is 0 Å². The highest BCUT2D eigenvalue weighted by atomic mass is 16.5. The van der Waals surface area contributed by atoms with Crippen LogP contribution in [0, 0.1) is 0 Å². The van der Waals surface area contributed by atoms with Crippen molar-refractivity contribution in [3.05, 3.63) is 42.0 Å². The maximum atomic E-state index is 5.12. The van der Waals surface area contributed by atoms with Crippen LogP contribution in [0.4, 0.5) is 0 Å². The van der Waals surface area contributed by atoms with Crippen LogP contribution in [0.1, 0.15) is 26.3 Å². The second-order valence-corrected chi connectivity index (χ2v) is 4.13. The van der Waals surface area contributed by atoms with E-state index in [0.717, 1.165) is 5.75 Å². The highest BCUT2D eigenvalue weighted by Crippen LogP contribution is 2.30. The van der Waals surface area contributed by atoms with Crippen molar-refractivity contribution in [1.82, 2.24) is 0 Å². The van der Waals surface area contributed by atoms with Gasteiger partial charge in [0.25, 0.3) is 0 Å². The number of hydrogen-bond donors (Lipinski definition) is 0. The summed E-state index contributed by atoms with van der Waals surface area (Å²) < 4.78 is 5.12. The summed E-state index contributed by atoms with van der Waals surface area (Å²) in [6, 6.07) is 8.15. The van der Waals surface area contributed by atoms with E-state index in [9.17, 15) is 0 Å². The summed E-state index contributed by atoms with van der Waals surface area (Å²) >= 11 is 0. The Kier molecular flexibility index (Phi) is 3.00. The minimum atomic E-state index is 0.0340. The Hall–Kier alpha value is -1.24. The Morgan fingerprint density at radius 1 is 1.21 bits per heavy atom. The molecule has 14 heavy (non-hydrogen) atoms. The van der Waals surface area contributed by atoms with Gasteiger partial charge in [0.15, 0.2) is 0 Å². The Balaban J connectivity index is 3.02. The van der Waals surface area contributed by atoms with Crippen molar-refractivity contribution in [2.75, 3.05) is 7.11 Å². The van der Waals surface area contributed by atoms with Crippen LogP contribution < -0.4 is 4.74 Å². The second-order valence-electron chi connectivity index (χ2n) is 4.13. The SMILES string of the molecule is C=C(C)C(C)(C)c1ccc(OC)cc1. The summed E-state index contributed by atoms with van der Waals surface area (Å²) in [5.74, 6) is 0.895. The molecule has 0 aliphatic rings. The van der Waals surface area contributed by atoms with Gasteiger partial charge < -0.3 is 4.74 Å². The predicted molar refractivity (Wildman–Crippen MR) is 60.8 cm³/mol. The number of rotatable bonds is 3. The van der Waals surface area contributed by atoms with Gasteiger partial charge in [-0.25, -0.2) is 0 Å². The lowest BCUT2D eigenvalue weighted by Crippen LogP contribution is -2.17. The highest BCUT2D eigenvalue weighted by Gasteiger charge is 2.20. The van der Waals surface area contributed by atoms with Gasteiger partial charge in [-0.05, 0) is 24.6 Å². The first-order valence-corrected chi connectivity index (χ1v) is 4.79. The number of methoxy groups -OCH3 is 1. The zero-order valence-electron chi connectivity index (χ0n) is 9.42. The first kappa shape index (κ1) is 10.8. The molecular formula is C13H18O. The number of benzene rings is 1. The largest absolute Gasteiger partial charge is 0.497 e. The molecule has 0 aliphatic heterocycles. The Morgan fingerprint density at radius 2 is 1.71 bits per heavy atom. The molecule has 1 nitrogen and oxygen atoms in total. The Morgan fingerprint density at radius 3 is 2.07 bits per heavy atom. The normalized spacial score (nSPS) is 11.1. The molecule has 0 heterocycles. The molecule has 0 atom stereocenters. The summed E-state index contributed by atoms with van der Waals surface area (Å²) in [4.78, 5) is 0. The first-order chi connectivity index (χ1) is 6.48. The van der Waals surface area contributed by atoms with E-state index in [1.807, 2.05) is 12.1 Å². The molecule has 0 amide bonds. The smallest absolute Gasteiger partial charge is 0.118 e. The van der Waals surface area contributed by atoms with Crippen LogP contribution in [0.25, 0.3) is 0 Å². The molecular weight excluding hydrogens is 172 g/mol. The van der Waals surface area contributed by atoms with Gasteiger partial charge in [0, 0.05) is 5.41 Å². The van der Waals surface area contributed by atoms with Crippen molar-refractivity contribution < 1.29 is 4.74 Å². The number of hydrogen-bond acceptors (Lipinski definition) is 1. The van der Waals surface area contributed by atoms with Crippen LogP contribution >= 0.6 is 0 Å². The summed E-state index contributed by atoms with van der Waals surface area (Å²) in [6.07, 6.45) is 0. The molecule has 0 saturated heterocycles. The van der Waals surface area contributed by atoms with Crippen molar-refractivity contribution in [3.63, 3.8) is 0 Å². The molecule has 0 saturated carbocycles. The van der Waals surface area contributed by atoms with Gasteiger partial charge in [0.1, 0.15) is 5.75 Å². The minimum absolute atomic E-state index is 0.0340. The molecule has 0 unspecified atom stereocenters. The Labute approximate surface area is 86.4 Å². The Bertz CT molecular complexity index is 320. The van der Waals surface area contributed by atoms with Crippen molar-refractivity contribution in [2.24, 2.45) is 0 Å². The molecule has 0 spiro atoms. The average molecular weight is 190 g/mol. The molecule has 0 aromatic heterocycles. The van der Waals surface area contributed by atoms with Crippen molar-refractivity contribution >= 4 is 0 Å². The lowest BCUT2D eigenvalue weighted by atomic mass is 9.79. The van der Waals surface area contributed by atoms with E-state index in [1.165, 1.54) is 11.1 Å². The molecule has 1 rings (SSSR count). The predicted octanol–water partition coefficient (Wildman–Crippen LogP) is 3.55. The van der Waals surface area contributed by atoms with E-state index in [2.05, 4.69) is 39.5 Å². The fourth-order valence-corrected chi connectivity index (χ4v) is 1.25. The van der Waals surface area contributed by atoms with Gasteiger partial charge in [0.05, 0.1) is 7.11 Å². The van der Waals surface area contributed by atoms with Crippen molar-refractivity contribution in [3.8, 4) is 5.75 Å². The highest BCUT2D eigenvalue weighted by molar-refractivity contribution is 5.36. The van der Waals surface area contributed by atoms with Gasteiger partial charge >= 0.3 is 0 Å². The molecule has 1 aromatic rings. The fourth-order valence-electron chi connectivity index (χ4n) is 1.25. The molecule has 1 aromatic carbocycles. The van der Waals surface area contributed by atoms with Crippen molar-refractivity contribution in [2.45, 2.75) is 26.2 Å². The monoisotopic (exact) mass is 190 g/mol. The van der Waals surface area contributed by atoms with E-state index in [0.29, 0.717) is 0 Å². The van der Waals surface area contributed by atoms with E-state index in [1.54, 1.807) is 7.11 Å². The first-order valence-electron chi connectivity index (χ1n) is 4.79. The summed E-state index contributed by atoms with van der Waals surface area (Å²) in [6.45, 7) is 10.4. The van der Waals surface area contributed by atoms with Gasteiger partial charge in [-0.3, -0.25) is 0 Å². The maximum absolute atomic E-state index is 5.12. The third-order valence-corrected chi connectivity index (χ3v) is 2.88.